The van der Waals surface area contributed by atoms with Crippen LogP contribution in [0.3, 0.4) is 0 Å². The Morgan fingerprint density at radius 3 is 2.95 bits per heavy atom. The molecule has 0 fully saturated rings. The fourth-order valence-corrected chi connectivity index (χ4v) is 2.62. The van der Waals surface area contributed by atoms with Crippen molar-refractivity contribution in [3.05, 3.63) is 52.4 Å². The summed E-state index contributed by atoms with van der Waals surface area (Å²) in [6, 6.07) is 10.0. The van der Waals surface area contributed by atoms with E-state index in [2.05, 4.69) is 23.0 Å². The van der Waals surface area contributed by atoms with Gasteiger partial charge in [0.25, 0.3) is 0 Å². The number of aromatic nitrogens is 3. The van der Waals surface area contributed by atoms with Gasteiger partial charge in [0, 0.05) is 6.20 Å². The second kappa shape index (κ2) is 5.69. The van der Waals surface area contributed by atoms with Crippen molar-refractivity contribution in [2.24, 2.45) is 0 Å². The predicted octanol–water partition coefficient (Wildman–Crippen LogP) is 3.79. The van der Waals surface area contributed by atoms with Crippen molar-refractivity contribution in [2.45, 2.75) is 20.4 Å². The molecule has 0 aliphatic carbocycles. The number of hydrogen-bond acceptors (Lipinski definition) is 3. The second-order valence-electron chi connectivity index (χ2n) is 5.07. The molecule has 3 aromatic rings. The minimum absolute atomic E-state index is 0.556. The highest BCUT2D eigenvalue weighted by Crippen LogP contribution is 2.16. The summed E-state index contributed by atoms with van der Waals surface area (Å²) >= 11 is 5.38. The van der Waals surface area contributed by atoms with Crippen molar-refractivity contribution >= 4 is 23.4 Å². The smallest absolute Gasteiger partial charge is 0.179 e. The molecule has 21 heavy (non-hydrogen) atoms. The van der Waals surface area contributed by atoms with Crippen LogP contribution in [0.25, 0.3) is 11.2 Å². The lowest BCUT2D eigenvalue weighted by Gasteiger charge is -2.08. The van der Waals surface area contributed by atoms with Crippen LogP contribution in [0.5, 0.6) is 5.75 Å². The van der Waals surface area contributed by atoms with Crippen molar-refractivity contribution in [2.75, 3.05) is 6.61 Å². The fourth-order valence-electron chi connectivity index (χ4n) is 2.34. The molecule has 3 rings (SSSR count). The third kappa shape index (κ3) is 2.83. The van der Waals surface area contributed by atoms with Gasteiger partial charge in [-0.1, -0.05) is 12.1 Å². The molecule has 0 saturated heterocycles. The van der Waals surface area contributed by atoms with Crippen LogP contribution in [-0.2, 0) is 6.54 Å². The van der Waals surface area contributed by atoms with Crippen molar-refractivity contribution < 1.29 is 4.74 Å². The van der Waals surface area contributed by atoms with Gasteiger partial charge in [0.15, 0.2) is 10.4 Å². The maximum Gasteiger partial charge on any atom is 0.179 e. The number of ether oxygens (including phenoxy) is 1. The maximum atomic E-state index is 5.79. The summed E-state index contributed by atoms with van der Waals surface area (Å²) in [5, 5.41) is 0. The first kappa shape index (κ1) is 13.8. The van der Waals surface area contributed by atoms with E-state index in [0.29, 0.717) is 17.9 Å². The van der Waals surface area contributed by atoms with Gasteiger partial charge in [0.1, 0.15) is 12.4 Å². The van der Waals surface area contributed by atoms with Gasteiger partial charge < -0.3 is 9.72 Å². The number of aromatic amines is 1. The Balaban J connectivity index is 1.78. The Morgan fingerprint density at radius 1 is 1.29 bits per heavy atom. The molecule has 0 atom stereocenters. The van der Waals surface area contributed by atoms with E-state index in [9.17, 15) is 0 Å². The number of pyridine rings is 1. The number of aryl methyl sites for hydroxylation is 2. The molecule has 0 bridgehead atoms. The second-order valence-corrected chi connectivity index (χ2v) is 5.46. The summed E-state index contributed by atoms with van der Waals surface area (Å²) in [5.41, 5.74) is 4.21. The molecule has 0 spiro atoms. The summed E-state index contributed by atoms with van der Waals surface area (Å²) in [4.78, 5) is 7.62. The Kier molecular flexibility index (Phi) is 3.75. The third-order valence-corrected chi connectivity index (χ3v) is 3.77. The van der Waals surface area contributed by atoms with E-state index in [1.165, 1.54) is 5.56 Å². The topological polar surface area (TPSA) is 42.8 Å². The van der Waals surface area contributed by atoms with Crippen LogP contribution >= 0.6 is 12.2 Å². The fraction of sp³-hybridized carbons (Fsp3) is 0.250. The first-order chi connectivity index (χ1) is 10.1. The number of imidazole rings is 1. The lowest BCUT2D eigenvalue weighted by Crippen LogP contribution is -2.08. The average Bonchev–Trinajstić information content (AvgIpc) is 2.77. The third-order valence-electron chi connectivity index (χ3n) is 3.45. The zero-order valence-electron chi connectivity index (χ0n) is 12.1. The Morgan fingerprint density at radius 2 is 2.14 bits per heavy atom. The van der Waals surface area contributed by atoms with Crippen LogP contribution < -0.4 is 4.74 Å². The van der Waals surface area contributed by atoms with Gasteiger partial charge in [-0.3, -0.25) is 4.57 Å². The normalized spacial score (nSPS) is 11.0. The molecule has 0 amide bonds. The molecule has 0 aliphatic heterocycles. The summed E-state index contributed by atoms with van der Waals surface area (Å²) in [7, 11) is 0. The highest BCUT2D eigenvalue weighted by Gasteiger charge is 2.07. The highest BCUT2D eigenvalue weighted by atomic mass is 32.1. The van der Waals surface area contributed by atoms with Gasteiger partial charge in [0.05, 0.1) is 12.1 Å². The van der Waals surface area contributed by atoms with E-state index in [1.54, 1.807) is 6.20 Å². The first-order valence-electron chi connectivity index (χ1n) is 6.89. The molecule has 108 valence electrons. The molecule has 5 heteroatoms. The van der Waals surface area contributed by atoms with Gasteiger partial charge in [-0.15, -0.1) is 0 Å². The number of fused-ring (bicyclic) bond motifs is 1. The molecule has 1 aromatic carbocycles. The predicted molar refractivity (Wildman–Crippen MR) is 86.3 cm³/mol. The van der Waals surface area contributed by atoms with Gasteiger partial charge >= 0.3 is 0 Å². The van der Waals surface area contributed by atoms with Crippen molar-refractivity contribution in [1.82, 2.24) is 14.5 Å². The molecular formula is C16H17N3OS. The number of H-pyrrole nitrogens is 1. The number of rotatable bonds is 4. The first-order valence-corrected chi connectivity index (χ1v) is 7.29. The molecule has 4 nitrogen and oxygen atoms in total. The Labute approximate surface area is 128 Å². The molecule has 0 saturated carbocycles. The van der Waals surface area contributed by atoms with Crippen LogP contribution in [-0.4, -0.2) is 21.1 Å². The molecule has 0 radical (unpaired) electrons. The van der Waals surface area contributed by atoms with Gasteiger partial charge in [0.2, 0.25) is 0 Å². The van der Waals surface area contributed by atoms with Gasteiger partial charge in [-0.2, -0.15) is 0 Å². The van der Waals surface area contributed by atoms with Gasteiger partial charge in [-0.05, 0) is 55.4 Å². The van der Waals surface area contributed by atoms with E-state index >= 15 is 0 Å². The zero-order valence-corrected chi connectivity index (χ0v) is 12.9. The minimum Gasteiger partial charge on any atom is -0.492 e. The number of hydrogen-bond donors (Lipinski definition) is 1. The highest BCUT2D eigenvalue weighted by molar-refractivity contribution is 7.71. The monoisotopic (exact) mass is 299 g/mol. The van der Waals surface area contributed by atoms with E-state index in [4.69, 9.17) is 17.0 Å². The lowest BCUT2D eigenvalue weighted by molar-refractivity contribution is 0.299. The summed E-state index contributed by atoms with van der Waals surface area (Å²) in [6.07, 6.45) is 1.80. The SMILES string of the molecule is Cc1cccc(OCCn2c(=S)[nH]c3c(C)ccnc32)c1. The standard InChI is InChI=1S/C16H17N3OS/c1-11-4-3-5-13(10-11)20-9-8-19-15-14(18-16(19)21)12(2)6-7-17-15/h3-7,10H,8-9H2,1-2H3,(H,18,21). The van der Waals surface area contributed by atoms with Gasteiger partial charge in [-0.25, -0.2) is 4.98 Å². The largest absolute Gasteiger partial charge is 0.492 e. The van der Waals surface area contributed by atoms with E-state index in [0.717, 1.165) is 22.5 Å². The number of nitrogens with one attached hydrogen (secondary N) is 1. The van der Waals surface area contributed by atoms with E-state index in [1.807, 2.05) is 35.8 Å². The number of benzene rings is 1. The summed E-state index contributed by atoms with van der Waals surface area (Å²) < 4.78 is 8.45. The lowest BCUT2D eigenvalue weighted by atomic mass is 10.2. The minimum atomic E-state index is 0.556. The van der Waals surface area contributed by atoms with Crippen LogP contribution in [0.1, 0.15) is 11.1 Å². The van der Waals surface area contributed by atoms with E-state index in [-0.39, 0.29) is 0 Å². The molecule has 0 unspecified atom stereocenters. The van der Waals surface area contributed by atoms with Crippen LogP contribution in [0.15, 0.2) is 36.5 Å². The molecule has 1 N–H and O–H groups in total. The van der Waals surface area contributed by atoms with E-state index < -0.39 is 0 Å². The maximum absolute atomic E-state index is 5.79. The average molecular weight is 299 g/mol. The van der Waals surface area contributed by atoms with Crippen molar-refractivity contribution in [3.8, 4) is 5.75 Å². The summed E-state index contributed by atoms with van der Waals surface area (Å²) in [6.45, 7) is 5.32. The quantitative estimate of drug-likeness (QED) is 0.745. The Bertz CT molecular complexity index is 835. The molecule has 2 aromatic heterocycles. The molecule has 0 aliphatic rings. The molecule has 2 heterocycles. The van der Waals surface area contributed by atoms with Crippen molar-refractivity contribution in [3.63, 3.8) is 0 Å². The zero-order chi connectivity index (χ0) is 14.8. The number of nitrogens with zero attached hydrogens (tertiary/aromatic N) is 2. The molecular weight excluding hydrogens is 282 g/mol. The van der Waals surface area contributed by atoms with Crippen LogP contribution in [0.4, 0.5) is 0 Å². The van der Waals surface area contributed by atoms with Crippen LogP contribution in [0.2, 0.25) is 0 Å². The van der Waals surface area contributed by atoms with Crippen LogP contribution in [0, 0.1) is 18.6 Å². The summed E-state index contributed by atoms with van der Waals surface area (Å²) in [5.74, 6) is 0.880. The Hall–Kier alpha value is -2.14. The van der Waals surface area contributed by atoms with Crippen molar-refractivity contribution in [1.29, 1.82) is 0 Å².